The lowest BCUT2D eigenvalue weighted by Gasteiger charge is -2.16. The maximum atomic E-state index is 14.7. The Bertz CT molecular complexity index is 854. The summed E-state index contributed by atoms with van der Waals surface area (Å²) in [5.41, 5.74) is 0.319. The van der Waals surface area contributed by atoms with Gasteiger partial charge >= 0.3 is 6.61 Å². The molecule has 0 aliphatic heterocycles. The zero-order valence-corrected chi connectivity index (χ0v) is 12.0. The van der Waals surface area contributed by atoms with Gasteiger partial charge < -0.3 is 10.1 Å². The highest BCUT2D eigenvalue weighted by Crippen LogP contribution is 2.34. The van der Waals surface area contributed by atoms with Crippen molar-refractivity contribution in [3.8, 4) is 5.75 Å². The number of carbonyl (C=O) groups excluding carboxylic acids is 1. The number of ether oxygens (including phenoxy) is 1. The SMILES string of the molecule is O=C(NC(F)c1c(OC(F)F)ccc2[nH]ncc12)c1cccnc1. The summed E-state index contributed by atoms with van der Waals surface area (Å²) in [5, 5.41) is 8.67. The highest BCUT2D eigenvalue weighted by atomic mass is 19.3. The molecule has 3 aromatic rings. The van der Waals surface area contributed by atoms with Crippen LogP contribution in [0.2, 0.25) is 0 Å². The molecule has 124 valence electrons. The number of H-pyrrole nitrogens is 1. The van der Waals surface area contributed by atoms with Crippen molar-refractivity contribution in [1.82, 2.24) is 20.5 Å². The molecule has 1 amide bonds. The van der Waals surface area contributed by atoms with Gasteiger partial charge in [-0.05, 0) is 24.3 Å². The molecule has 2 heterocycles. The minimum absolute atomic E-state index is 0.135. The van der Waals surface area contributed by atoms with Crippen molar-refractivity contribution in [2.24, 2.45) is 0 Å². The first kappa shape index (κ1) is 15.8. The van der Waals surface area contributed by atoms with Gasteiger partial charge in [-0.25, -0.2) is 4.39 Å². The number of benzene rings is 1. The molecule has 9 heteroatoms. The van der Waals surface area contributed by atoms with Crippen LogP contribution in [0, 0.1) is 0 Å². The number of carbonyl (C=O) groups is 1. The number of fused-ring (bicyclic) bond motifs is 1. The van der Waals surface area contributed by atoms with E-state index >= 15 is 0 Å². The van der Waals surface area contributed by atoms with Crippen molar-refractivity contribution < 1.29 is 22.7 Å². The molecule has 0 bridgehead atoms. The van der Waals surface area contributed by atoms with Crippen molar-refractivity contribution in [1.29, 1.82) is 0 Å². The maximum Gasteiger partial charge on any atom is 0.387 e. The van der Waals surface area contributed by atoms with E-state index in [1.54, 1.807) is 0 Å². The van der Waals surface area contributed by atoms with E-state index < -0.39 is 18.8 Å². The monoisotopic (exact) mass is 336 g/mol. The standard InChI is InChI=1S/C15H11F3N4O2/c16-13(21-14(23)8-2-1-5-19-6-8)12-9-7-20-22-10(9)3-4-11(12)24-15(17)18/h1-7,13,15H,(H,20,22)(H,21,23). The molecule has 24 heavy (non-hydrogen) atoms. The third-order valence-corrected chi connectivity index (χ3v) is 3.28. The average Bonchev–Trinajstić information content (AvgIpc) is 3.03. The van der Waals surface area contributed by atoms with E-state index in [4.69, 9.17) is 0 Å². The topological polar surface area (TPSA) is 79.9 Å². The summed E-state index contributed by atoms with van der Waals surface area (Å²) in [7, 11) is 0. The number of nitrogens with one attached hydrogen (secondary N) is 2. The van der Waals surface area contributed by atoms with Crippen LogP contribution in [0.15, 0.2) is 42.9 Å². The summed E-state index contributed by atoms with van der Waals surface area (Å²) < 4.78 is 44.1. The minimum atomic E-state index is -3.13. The van der Waals surface area contributed by atoms with Gasteiger partial charge in [0.25, 0.3) is 5.91 Å². The molecule has 2 N–H and O–H groups in total. The molecule has 0 saturated heterocycles. The Balaban J connectivity index is 1.94. The molecule has 1 atom stereocenters. The van der Waals surface area contributed by atoms with E-state index in [-0.39, 0.29) is 22.3 Å². The minimum Gasteiger partial charge on any atom is -0.434 e. The van der Waals surface area contributed by atoms with Crippen LogP contribution in [-0.2, 0) is 0 Å². The number of amides is 1. The number of aromatic amines is 1. The van der Waals surface area contributed by atoms with E-state index in [1.807, 2.05) is 0 Å². The van der Waals surface area contributed by atoms with E-state index in [1.165, 1.54) is 42.9 Å². The smallest absolute Gasteiger partial charge is 0.387 e. The number of hydrogen-bond acceptors (Lipinski definition) is 4. The van der Waals surface area contributed by atoms with Gasteiger partial charge in [0.2, 0.25) is 6.30 Å². The van der Waals surface area contributed by atoms with Crippen LogP contribution < -0.4 is 10.1 Å². The number of alkyl halides is 3. The average molecular weight is 336 g/mol. The second-order valence-corrected chi connectivity index (χ2v) is 4.76. The number of aromatic nitrogens is 3. The quantitative estimate of drug-likeness (QED) is 0.702. The normalized spacial score (nSPS) is 12.3. The molecule has 3 rings (SSSR count). The molecule has 0 fully saturated rings. The molecule has 2 aromatic heterocycles. The van der Waals surface area contributed by atoms with Crippen molar-refractivity contribution in [2.75, 3.05) is 0 Å². The van der Waals surface area contributed by atoms with Crippen molar-refractivity contribution in [2.45, 2.75) is 12.9 Å². The van der Waals surface area contributed by atoms with Crippen LogP contribution in [0.25, 0.3) is 10.9 Å². The molecule has 0 radical (unpaired) electrons. The number of rotatable bonds is 5. The zero-order chi connectivity index (χ0) is 17.1. The Labute approximate surface area is 133 Å². The van der Waals surface area contributed by atoms with E-state index in [0.29, 0.717) is 5.52 Å². The molecule has 1 unspecified atom stereocenters. The van der Waals surface area contributed by atoms with Gasteiger partial charge in [0.15, 0.2) is 0 Å². The summed E-state index contributed by atoms with van der Waals surface area (Å²) in [6, 6.07) is 5.58. The van der Waals surface area contributed by atoms with E-state index in [9.17, 15) is 18.0 Å². The number of hydrogen-bond donors (Lipinski definition) is 2. The second kappa shape index (κ2) is 6.57. The van der Waals surface area contributed by atoms with Gasteiger partial charge in [-0.2, -0.15) is 13.9 Å². The number of nitrogens with zero attached hydrogens (tertiary/aromatic N) is 2. The first-order chi connectivity index (χ1) is 11.6. The van der Waals surface area contributed by atoms with Gasteiger partial charge in [0.05, 0.1) is 22.8 Å². The zero-order valence-electron chi connectivity index (χ0n) is 12.0. The molecule has 0 saturated carbocycles. The summed E-state index contributed by atoms with van der Waals surface area (Å²) in [6.07, 6.45) is 1.92. The van der Waals surface area contributed by atoms with Gasteiger partial charge in [-0.3, -0.25) is 14.9 Å². The molecule has 0 aliphatic rings. The number of pyridine rings is 1. The van der Waals surface area contributed by atoms with Crippen molar-refractivity contribution in [3.63, 3.8) is 0 Å². The van der Waals surface area contributed by atoms with Gasteiger partial charge in [0.1, 0.15) is 5.75 Å². The van der Waals surface area contributed by atoms with Crippen LogP contribution in [0.4, 0.5) is 13.2 Å². The fourth-order valence-electron chi connectivity index (χ4n) is 2.25. The third kappa shape index (κ3) is 3.14. The van der Waals surface area contributed by atoms with Gasteiger partial charge in [-0.1, -0.05) is 0 Å². The highest BCUT2D eigenvalue weighted by molar-refractivity contribution is 5.94. The Kier molecular flexibility index (Phi) is 4.32. The largest absolute Gasteiger partial charge is 0.434 e. The Morgan fingerprint density at radius 1 is 1.21 bits per heavy atom. The molecule has 1 aromatic carbocycles. The van der Waals surface area contributed by atoms with E-state index in [0.717, 1.165) is 0 Å². The van der Waals surface area contributed by atoms with Crippen LogP contribution >= 0.6 is 0 Å². The lowest BCUT2D eigenvalue weighted by molar-refractivity contribution is -0.0509. The summed E-state index contributed by atoms with van der Waals surface area (Å²) in [4.78, 5) is 15.8. The Hall–Kier alpha value is -3.10. The molecular weight excluding hydrogens is 325 g/mol. The maximum absolute atomic E-state index is 14.7. The van der Waals surface area contributed by atoms with Gasteiger partial charge in [0, 0.05) is 17.8 Å². The molecule has 6 nitrogen and oxygen atoms in total. The fourth-order valence-corrected chi connectivity index (χ4v) is 2.25. The van der Waals surface area contributed by atoms with Crippen molar-refractivity contribution >= 4 is 16.8 Å². The summed E-state index contributed by atoms with van der Waals surface area (Å²) in [5.74, 6) is -1.11. The number of halogens is 3. The van der Waals surface area contributed by atoms with E-state index in [2.05, 4.69) is 25.2 Å². The Morgan fingerprint density at radius 3 is 2.75 bits per heavy atom. The van der Waals surface area contributed by atoms with Crippen molar-refractivity contribution in [3.05, 3.63) is 54.0 Å². The van der Waals surface area contributed by atoms with Crippen LogP contribution in [0.1, 0.15) is 22.2 Å². The fraction of sp³-hybridized carbons (Fsp3) is 0.133. The van der Waals surface area contributed by atoms with Crippen LogP contribution in [0.3, 0.4) is 0 Å². The Morgan fingerprint density at radius 2 is 2.04 bits per heavy atom. The first-order valence-electron chi connectivity index (χ1n) is 6.82. The second-order valence-electron chi connectivity index (χ2n) is 4.76. The van der Waals surface area contributed by atoms with Crippen LogP contribution in [-0.4, -0.2) is 27.7 Å². The first-order valence-corrected chi connectivity index (χ1v) is 6.82. The van der Waals surface area contributed by atoms with Gasteiger partial charge in [-0.15, -0.1) is 0 Å². The predicted octanol–water partition coefficient (Wildman–Crippen LogP) is 2.96. The third-order valence-electron chi connectivity index (χ3n) is 3.28. The molecule has 0 aliphatic carbocycles. The lowest BCUT2D eigenvalue weighted by atomic mass is 10.1. The molecule has 0 spiro atoms. The summed E-state index contributed by atoms with van der Waals surface area (Å²) >= 11 is 0. The summed E-state index contributed by atoms with van der Waals surface area (Å²) in [6.45, 7) is -3.13. The highest BCUT2D eigenvalue weighted by Gasteiger charge is 2.24. The lowest BCUT2D eigenvalue weighted by Crippen LogP contribution is -2.26. The predicted molar refractivity (Wildman–Crippen MR) is 78.3 cm³/mol. The molecular formula is C15H11F3N4O2. The van der Waals surface area contributed by atoms with Crippen LogP contribution in [0.5, 0.6) is 5.75 Å².